The maximum absolute atomic E-state index is 4.60. The Labute approximate surface area is 97.9 Å². The van der Waals surface area contributed by atoms with Crippen molar-refractivity contribution in [1.82, 2.24) is 4.98 Å². The quantitative estimate of drug-likeness (QED) is 0.828. The standard InChI is InChI=1S/C13H21N3/c1-10-7-11(2)9-16(8-10)13-6-4-5-12(14-3)15-13/h4-6,10-11H,7-9H2,1-3H3,(H,14,15). The summed E-state index contributed by atoms with van der Waals surface area (Å²) in [6.45, 7) is 6.91. The molecule has 88 valence electrons. The van der Waals surface area contributed by atoms with E-state index in [9.17, 15) is 0 Å². The second-order valence-corrected chi connectivity index (χ2v) is 4.98. The molecule has 1 aliphatic heterocycles. The highest BCUT2D eigenvalue weighted by molar-refractivity contribution is 5.47. The zero-order valence-electron chi connectivity index (χ0n) is 10.4. The lowest BCUT2D eigenvalue weighted by Crippen LogP contribution is -2.39. The summed E-state index contributed by atoms with van der Waals surface area (Å²) < 4.78 is 0. The van der Waals surface area contributed by atoms with Crippen molar-refractivity contribution in [3.05, 3.63) is 18.2 Å². The summed E-state index contributed by atoms with van der Waals surface area (Å²) in [6, 6.07) is 6.17. The van der Waals surface area contributed by atoms with Crippen LogP contribution < -0.4 is 10.2 Å². The van der Waals surface area contributed by atoms with Crippen LogP contribution >= 0.6 is 0 Å². The number of piperidine rings is 1. The Kier molecular flexibility index (Phi) is 3.32. The van der Waals surface area contributed by atoms with E-state index in [1.54, 1.807) is 0 Å². The van der Waals surface area contributed by atoms with E-state index in [1.807, 2.05) is 13.1 Å². The third-order valence-electron chi connectivity index (χ3n) is 3.18. The molecule has 3 nitrogen and oxygen atoms in total. The maximum atomic E-state index is 4.60. The number of anilines is 2. The number of aromatic nitrogens is 1. The van der Waals surface area contributed by atoms with E-state index < -0.39 is 0 Å². The predicted octanol–water partition coefficient (Wildman–Crippen LogP) is 2.61. The van der Waals surface area contributed by atoms with Crippen LogP contribution in [0.2, 0.25) is 0 Å². The fraction of sp³-hybridized carbons (Fsp3) is 0.615. The molecule has 2 unspecified atom stereocenters. The molecule has 1 aromatic rings. The van der Waals surface area contributed by atoms with Crippen molar-refractivity contribution in [3.8, 4) is 0 Å². The average Bonchev–Trinajstić information content (AvgIpc) is 2.28. The van der Waals surface area contributed by atoms with Crippen LogP contribution in [0.25, 0.3) is 0 Å². The van der Waals surface area contributed by atoms with Crippen molar-refractivity contribution < 1.29 is 0 Å². The molecule has 1 aromatic heterocycles. The van der Waals surface area contributed by atoms with Gasteiger partial charge in [-0.15, -0.1) is 0 Å². The van der Waals surface area contributed by atoms with Crippen LogP contribution in [-0.4, -0.2) is 25.1 Å². The largest absolute Gasteiger partial charge is 0.373 e. The van der Waals surface area contributed by atoms with E-state index in [0.29, 0.717) is 0 Å². The Morgan fingerprint density at radius 1 is 1.25 bits per heavy atom. The highest BCUT2D eigenvalue weighted by Gasteiger charge is 2.22. The van der Waals surface area contributed by atoms with Gasteiger partial charge in [-0.25, -0.2) is 4.98 Å². The van der Waals surface area contributed by atoms with Gasteiger partial charge < -0.3 is 10.2 Å². The Morgan fingerprint density at radius 2 is 1.94 bits per heavy atom. The minimum Gasteiger partial charge on any atom is -0.373 e. The Morgan fingerprint density at radius 3 is 2.56 bits per heavy atom. The number of rotatable bonds is 2. The zero-order valence-corrected chi connectivity index (χ0v) is 10.4. The summed E-state index contributed by atoms with van der Waals surface area (Å²) in [4.78, 5) is 7.00. The summed E-state index contributed by atoms with van der Waals surface area (Å²) in [6.07, 6.45) is 1.34. The van der Waals surface area contributed by atoms with E-state index in [2.05, 4.69) is 41.2 Å². The van der Waals surface area contributed by atoms with Crippen LogP contribution in [0.1, 0.15) is 20.3 Å². The zero-order chi connectivity index (χ0) is 11.5. The molecule has 0 aromatic carbocycles. The monoisotopic (exact) mass is 219 g/mol. The molecule has 0 radical (unpaired) electrons. The lowest BCUT2D eigenvalue weighted by atomic mass is 9.92. The summed E-state index contributed by atoms with van der Waals surface area (Å²) in [7, 11) is 1.91. The van der Waals surface area contributed by atoms with Gasteiger partial charge in [-0.3, -0.25) is 0 Å². The lowest BCUT2D eigenvalue weighted by molar-refractivity contribution is 0.355. The predicted molar refractivity (Wildman–Crippen MR) is 68.9 cm³/mol. The highest BCUT2D eigenvalue weighted by atomic mass is 15.2. The molecule has 2 rings (SSSR count). The number of nitrogens with zero attached hydrogens (tertiary/aromatic N) is 2. The van der Waals surface area contributed by atoms with Crippen LogP contribution in [-0.2, 0) is 0 Å². The Bertz CT molecular complexity index is 341. The molecule has 0 amide bonds. The average molecular weight is 219 g/mol. The van der Waals surface area contributed by atoms with Crippen LogP contribution in [0.15, 0.2) is 18.2 Å². The first-order valence-electron chi connectivity index (χ1n) is 6.08. The maximum Gasteiger partial charge on any atom is 0.130 e. The summed E-state index contributed by atoms with van der Waals surface area (Å²) in [5.74, 6) is 3.58. The van der Waals surface area contributed by atoms with Gasteiger partial charge in [0.1, 0.15) is 11.6 Å². The summed E-state index contributed by atoms with van der Waals surface area (Å²) >= 11 is 0. The molecule has 0 bridgehead atoms. The summed E-state index contributed by atoms with van der Waals surface area (Å²) in [5.41, 5.74) is 0. The van der Waals surface area contributed by atoms with Crippen molar-refractivity contribution >= 4 is 11.6 Å². The second-order valence-electron chi connectivity index (χ2n) is 4.98. The molecule has 16 heavy (non-hydrogen) atoms. The molecular formula is C13H21N3. The lowest BCUT2D eigenvalue weighted by Gasteiger charge is -2.35. The van der Waals surface area contributed by atoms with Crippen LogP contribution in [0.3, 0.4) is 0 Å². The number of pyridine rings is 1. The van der Waals surface area contributed by atoms with Crippen molar-refractivity contribution in [2.75, 3.05) is 30.4 Å². The minimum absolute atomic E-state index is 0.767. The minimum atomic E-state index is 0.767. The fourth-order valence-electron chi connectivity index (χ4n) is 2.59. The number of hydrogen-bond donors (Lipinski definition) is 1. The van der Waals surface area contributed by atoms with Gasteiger partial charge in [0.15, 0.2) is 0 Å². The second kappa shape index (κ2) is 4.73. The molecule has 0 spiro atoms. The van der Waals surface area contributed by atoms with Gasteiger partial charge in [0.05, 0.1) is 0 Å². The Balaban J connectivity index is 2.16. The molecule has 3 heteroatoms. The number of hydrogen-bond acceptors (Lipinski definition) is 3. The molecule has 0 aliphatic carbocycles. The first-order valence-corrected chi connectivity index (χ1v) is 6.08. The highest BCUT2D eigenvalue weighted by Crippen LogP contribution is 2.25. The fourth-order valence-corrected chi connectivity index (χ4v) is 2.59. The van der Waals surface area contributed by atoms with Gasteiger partial charge >= 0.3 is 0 Å². The van der Waals surface area contributed by atoms with E-state index in [4.69, 9.17) is 0 Å². The third-order valence-corrected chi connectivity index (χ3v) is 3.18. The third kappa shape index (κ3) is 2.46. The smallest absolute Gasteiger partial charge is 0.130 e. The SMILES string of the molecule is CNc1cccc(N2CC(C)CC(C)C2)n1. The van der Waals surface area contributed by atoms with Crippen molar-refractivity contribution in [2.24, 2.45) is 11.8 Å². The van der Waals surface area contributed by atoms with Gasteiger partial charge in [-0.1, -0.05) is 19.9 Å². The first-order chi connectivity index (χ1) is 7.69. The van der Waals surface area contributed by atoms with Gasteiger partial charge in [0.2, 0.25) is 0 Å². The van der Waals surface area contributed by atoms with Crippen molar-refractivity contribution in [1.29, 1.82) is 0 Å². The molecule has 1 N–H and O–H groups in total. The molecule has 1 saturated heterocycles. The topological polar surface area (TPSA) is 28.2 Å². The molecule has 1 aliphatic rings. The Hall–Kier alpha value is -1.25. The molecule has 0 saturated carbocycles. The van der Waals surface area contributed by atoms with Crippen molar-refractivity contribution in [2.45, 2.75) is 20.3 Å². The molecule has 2 atom stereocenters. The van der Waals surface area contributed by atoms with Crippen LogP contribution in [0, 0.1) is 11.8 Å². The first kappa shape index (κ1) is 11.2. The van der Waals surface area contributed by atoms with E-state index >= 15 is 0 Å². The number of nitrogens with one attached hydrogen (secondary N) is 1. The van der Waals surface area contributed by atoms with Crippen LogP contribution in [0.4, 0.5) is 11.6 Å². The van der Waals surface area contributed by atoms with E-state index in [1.165, 1.54) is 6.42 Å². The van der Waals surface area contributed by atoms with Gasteiger partial charge in [0.25, 0.3) is 0 Å². The van der Waals surface area contributed by atoms with Gasteiger partial charge in [-0.05, 0) is 30.4 Å². The molecule has 1 fully saturated rings. The molecular weight excluding hydrogens is 198 g/mol. The van der Waals surface area contributed by atoms with Crippen molar-refractivity contribution in [3.63, 3.8) is 0 Å². The van der Waals surface area contributed by atoms with Gasteiger partial charge in [0, 0.05) is 20.1 Å². The van der Waals surface area contributed by atoms with Gasteiger partial charge in [-0.2, -0.15) is 0 Å². The van der Waals surface area contributed by atoms with Crippen LogP contribution in [0.5, 0.6) is 0 Å². The van der Waals surface area contributed by atoms with E-state index in [-0.39, 0.29) is 0 Å². The van der Waals surface area contributed by atoms with E-state index in [0.717, 1.165) is 36.6 Å². The summed E-state index contributed by atoms with van der Waals surface area (Å²) in [5, 5.41) is 3.09. The molecule has 2 heterocycles. The normalized spacial score (nSPS) is 25.6.